The van der Waals surface area contributed by atoms with E-state index in [-0.39, 0.29) is 0 Å². The van der Waals surface area contributed by atoms with E-state index in [9.17, 15) is 5.11 Å². The summed E-state index contributed by atoms with van der Waals surface area (Å²) in [6.07, 6.45) is 6.23. The van der Waals surface area contributed by atoms with Crippen LogP contribution in [0.2, 0.25) is 0 Å². The van der Waals surface area contributed by atoms with Crippen LogP contribution in [0, 0.1) is 0 Å². The fourth-order valence-electron chi connectivity index (χ4n) is 2.58. The lowest BCUT2D eigenvalue weighted by molar-refractivity contribution is 0.0201. The number of hydrogen-bond donors (Lipinski definition) is 1. The molecule has 1 N–H and O–H groups in total. The van der Waals surface area contributed by atoms with Gasteiger partial charge in [0, 0.05) is 30.5 Å². The van der Waals surface area contributed by atoms with Gasteiger partial charge in [0.05, 0.1) is 5.60 Å². The number of nitrogens with zero attached hydrogens (tertiary/aromatic N) is 2. The third kappa shape index (κ3) is 2.85. The average Bonchev–Trinajstić information content (AvgIpc) is 2.54. The van der Waals surface area contributed by atoms with E-state index in [0.29, 0.717) is 6.04 Å². The zero-order chi connectivity index (χ0) is 12.3. The predicted octanol–water partition coefficient (Wildman–Crippen LogP) is 2.16. The highest BCUT2D eigenvalue weighted by atomic mass is 16.3. The van der Waals surface area contributed by atoms with Crippen molar-refractivity contribution in [3.8, 4) is 0 Å². The van der Waals surface area contributed by atoms with Crippen molar-refractivity contribution in [3.63, 3.8) is 0 Å². The fraction of sp³-hybridized carbons (Fsp3) is 0.643. The molecule has 1 fully saturated rings. The second-order valence-electron chi connectivity index (χ2n) is 5.26. The lowest BCUT2D eigenvalue weighted by atomic mass is 9.88. The van der Waals surface area contributed by atoms with Crippen molar-refractivity contribution in [3.05, 3.63) is 30.1 Å². The first-order chi connectivity index (χ1) is 8.12. The number of rotatable bonds is 2. The first kappa shape index (κ1) is 12.5. The lowest BCUT2D eigenvalue weighted by Gasteiger charge is -2.28. The predicted molar refractivity (Wildman–Crippen MR) is 68.7 cm³/mol. The lowest BCUT2D eigenvalue weighted by Crippen LogP contribution is -2.33. The molecule has 0 amide bonds. The van der Waals surface area contributed by atoms with Crippen molar-refractivity contribution in [2.24, 2.45) is 0 Å². The van der Waals surface area contributed by atoms with Crippen LogP contribution < -0.4 is 0 Å². The van der Waals surface area contributed by atoms with Gasteiger partial charge in [-0.2, -0.15) is 0 Å². The number of likely N-dealkylation sites (tertiary alicyclic amines) is 1. The molecule has 2 heterocycles. The molecule has 0 spiro atoms. The Labute approximate surface area is 103 Å². The van der Waals surface area contributed by atoms with Crippen LogP contribution in [0.25, 0.3) is 0 Å². The molecule has 0 saturated carbocycles. The van der Waals surface area contributed by atoms with Gasteiger partial charge in [0.1, 0.15) is 0 Å². The molecular formula is C14H22N2O. The maximum absolute atomic E-state index is 10.8. The standard InChI is InChI=1S/C14H22N2O/c1-12(2)16-9-4-6-14(17,7-10-16)13-5-3-8-15-11-13/h3,5,8,11-12,17H,4,6-7,9-10H2,1-2H3. The summed E-state index contributed by atoms with van der Waals surface area (Å²) in [4.78, 5) is 6.56. The molecule has 1 atom stereocenters. The summed E-state index contributed by atoms with van der Waals surface area (Å²) in [5.41, 5.74) is 0.281. The van der Waals surface area contributed by atoms with Gasteiger partial charge in [-0.1, -0.05) is 6.07 Å². The van der Waals surface area contributed by atoms with Crippen molar-refractivity contribution < 1.29 is 5.11 Å². The van der Waals surface area contributed by atoms with Crippen LogP contribution in [-0.2, 0) is 5.60 Å². The Hall–Kier alpha value is -0.930. The van der Waals surface area contributed by atoms with Crippen LogP contribution in [0.4, 0.5) is 0 Å². The minimum atomic E-state index is -0.683. The van der Waals surface area contributed by atoms with E-state index in [1.165, 1.54) is 0 Å². The average molecular weight is 234 g/mol. The second-order valence-corrected chi connectivity index (χ2v) is 5.26. The molecule has 0 bridgehead atoms. The number of aliphatic hydroxyl groups is 1. The summed E-state index contributed by atoms with van der Waals surface area (Å²) < 4.78 is 0. The van der Waals surface area contributed by atoms with Gasteiger partial charge in [-0.15, -0.1) is 0 Å². The van der Waals surface area contributed by atoms with E-state index in [2.05, 4.69) is 23.7 Å². The Balaban J connectivity index is 2.12. The zero-order valence-corrected chi connectivity index (χ0v) is 10.8. The van der Waals surface area contributed by atoms with Crippen LogP contribution in [0.1, 0.15) is 38.7 Å². The highest BCUT2D eigenvalue weighted by Crippen LogP contribution is 2.32. The topological polar surface area (TPSA) is 36.4 Å². The van der Waals surface area contributed by atoms with Gasteiger partial charge in [-0.05, 0) is 45.7 Å². The van der Waals surface area contributed by atoms with Gasteiger partial charge in [0.15, 0.2) is 0 Å². The van der Waals surface area contributed by atoms with Gasteiger partial charge >= 0.3 is 0 Å². The number of hydrogen-bond acceptors (Lipinski definition) is 3. The maximum atomic E-state index is 10.8. The molecule has 1 aliphatic rings. The van der Waals surface area contributed by atoms with Crippen LogP contribution >= 0.6 is 0 Å². The highest BCUT2D eigenvalue weighted by molar-refractivity contribution is 5.18. The van der Waals surface area contributed by atoms with Crippen molar-refractivity contribution in [2.45, 2.75) is 44.8 Å². The Kier molecular flexibility index (Phi) is 3.79. The monoisotopic (exact) mass is 234 g/mol. The summed E-state index contributed by atoms with van der Waals surface area (Å²) in [6, 6.07) is 4.45. The third-order valence-electron chi connectivity index (χ3n) is 3.78. The molecule has 3 nitrogen and oxygen atoms in total. The van der Waals surface area contributed by atoms with Gasteiger partial charge in [-0.25, -0.2) is 0 Å². The van der Waals surface area contributed by atoms with Crippen LogP contribution in [-0.4, -0.2) is 34.1 Å². The molecule has 3 heteroatoms. The summed E-state index contributed by atoms with van der Waals surface area (Å²) in [6.45, 7) is 6.48. The summed E-state index contributed by atoms with van der Waals surface area (Å²) in [5.74, 6) is 0. The molecule has 1 saturated heterocycles. The molecule has 2 rings (SSSR count). The Bertz CT molecular complexity index is 352. The summed E-state index contributed by atoms with van der Waals surface area (Å²) in [5, 5.41) is 10.8. The van der Waals surface area contributed by atoms with Crippen molar-refractivity contribution in [1.29, 1.82) is 0 Å². The second kappa shape index (κ2) is 5.15. The molecule has 0 radical (unpaired) electrons. The molecule has 1 aliphatic heterocycles. The third-order valence-corrected chi connectivity index (χ3v) is 3.78. The molecule has 1 aromatic rings. The zero-order valence-electron chi connectivity index (χ0n) is 10.8. The van der Waals surface area contributed by atoms with Crippen molar-refractivity contribution in [1.82, 2.24) is 9.88 Å². The van der Waals surface area contributed by atoms with Gasteiger partial charge < -0.3 is 10.0 Å². The summed E-state index contributed by atoms with van der Waals surface area (Å²) >= 11 is 0. The van der Waals surface area contributed by atoms with E-state index in [0.717, 1.165) is 37.9 Å². The molecule has 0 aromatic carbocycles. The van der Waals surface area contributed by atoms with E-state index in [4.69, 9.17) is 0 Å². The first-order valence-corrected chi connectivity index (χ1v) is 6.49. The van der Waals surface area contributed by atoms with Gasteiger partial charge in [-0.3, -0.25) is 4.98 Å². The smallest absolute Gasteiger partial charge is 0.0924 e. The SMILES string of the molecule is CC(C)N1CCCC(O)(c2cccnc2)CC1. The van der Waals surface area contributed by atoms with E-state index < -0.39 is 5.60 Å². The Morgan fingerprint density at radius 3 is 2.82 bits per heavy atom. The van der Waals surface area contributed by atoms with Crippen molar-refractivity contribution in [2.75, 3.05) is 13.1 Å². The van der Waals surface area contributed by atoms with Crippen LogP contribution in [0.5, 0.6) is 0 Å². The van der Waals surface area contributed by atoms with Gasteiger partial charge in [0.25, 0.3) is 0 Å². The minimum absolute atomic E-state index is 0.561. The molecule has 0 aliphatic carbocycles. The summed E-state index contributed by atoms with van der Waals surface area (Å²) in [7, 11) is 0. The number of pyridine rings is 1. The molecule has 17 heavy (non-hydrogen) atoms. The number of aromatic nitrogens is 1. The largest absolute Gasteiger partial charge is 0.385 e. The molecule has 94 valence electrons. The molecule has 1 aromatic heterocycles. The van der Waals surface area contributed by atoms with Crippen LogP contribution in [0.15, 0.2) is 24.5 Å². The molecular weight excluding hydrogens is 212 g/mol. The van der Waals surface area contributed by atoms with Crippen LogP contribution in [0.3, 0.4) is 0 Å². The molecule has 1 unspecified atom stereocenters. The fourth-order valence-corrected chi connectivity index (χ4v) is 2.58. The highest BCUT2D eigenvalue weighted by Gasteiger charge is 2.32. The first-order valence-electron chi connectivity index (χ1n) is 6.49. The normalized spacial score (nSPS) is 27.1. The van der Waals surface area contributed by atoms with E-state index >= 15 is 0 Å². The Morgan fingerprint density at radius 2 is 2.18 bits per heavy atom. The quantitative estimate of drug-likeness (QED) is 0.852. The maximum Gasteiger partial charge on any atom is 0.0924 e. The Morgan fingerprint density at radius 1 is 1.35 bits per heavy atom. The minimum Gasteiger partial charge on any atom is -0.385 e. The van der Waals surface area contributed by atoms with Gasteiger partial charge in [0.2, 0.25) is 0 Å². The van der Waals surface area contributed by atoms with E-state index in [1.807, 2.05) is 12.1 Å². The van der Waals surface area contributed by atoms with E-state index in [1.54, 1.807) is 12.4 Å². The van der Waals surface area contributed by atoms with Crippen molar-refractivity contribution >= 4 is 0 Å².